The number of thioether (sulfide) groups is 1. The van der Waals surface area contributed by atoms with Crippen LogP contribution in [0.1, 0.15) is 26.0 Å². The Labute approximate surface area is 184 Å². The van der Waals surface area contributed by atoms with E-state index in [0.29, 0.717) is 25.4 Å². The molecule has 1 heterocycles. The molecule has 2 aromatic rings. The zero-order valence-electron chi connectivity index (χ0n) is 18.4. The molecule has 1 atom stereocenters. The number of aryl methyl sites for hydroxylation is 1. The Kier molecular flexibility index (Phi) is 9.97. The molecule has 0 saturated carbocycles. The topological polar surface area (TPSA) is 54.8 Å². The molecule has 1 aromatic heterocycles. The average molecular weight is 432 g/mol. The monoisotopic (exact) mass is 431 g/mol. The molecular weight excluding hydrogens is 398 g/mol. The first kappa shape index (κ1) is 24.0. The normalized spacial score (nSPS) is 11.9. The molecule has 0 aliphatic rings. The van der Waals surface area contributed by atoms with Crippen LogP contribution < -0.4 is 0 Å². The van der Waals surface area contributed by atoms with E-state index in [0.717, 1.165) is 17.0 Å². The fourth-order valence-corrected chi connectivity index (χ4v) is 3.86. The first-order valence-corrected chi connectivity index (χ1v) is 11.3. The number of carbonyl (C=O) groups excluding carboxylic acids is 2. The van der Waals surface area contributed by atoms with Gasteiger partial charge in [0.25, 0.3) is 0 Å². The van der Waals surface area contributed by atoms with Gasteiger partial charge in [-0.1, -0.05) is 25.1 Å². The highest BCUT2D eigenvalue weighted by Gasteiger charge is 2.25. The summed E-state index contributed by atoms with van der Waals surface area (Å²) >= 11 is 1.50. The average Bonchev–Trinajstić information content (AvgIpc) is 3.17. The number of nitrogens with zero attached hydrogens (tertiary/aromatic N) is 3. The van der Waals surface area contributed by atoms with E-state index in [1.54, 1.807) is 16.9 Å². The van der Waals surface area contributed by atoms with Crippen LogP contribution in [-0.2, 0) is 27.9 Å². The molecule has 2 amide bonds. The summed E-state index contributed by atoms with van der Waals surface area (Å²) in [6.45, 7) is 5.55. The van der Waals surface area contributed by atoms with Crippen LogP contribution in [-0.4, -0.2) is 64.8 Å². The van der Waals surface area contributed by atoms with Gasteiger partial charge in [0.15, 0.2) is 0 Å². The van der Waals surface area contributed by atoms with Gasteiger partial charge in [0.1, 0.15) is 6.54 Å². The van der Waals surface area contributed by atoms with Crippen LogP contribution in [0.3, 0.4) is 0 Å². The molecule has 1 aromatic carbocycles. The molecule has 2 rings (SSSR count). The lowest BCUT2D eigenvalue weighted by atomic mass is 10.2. The number of hydrogen-bond donors (Lipinski definition) is 0. The number of ether oxygens (including phenoxy) is 1. The molecule has 0 bridgehead atoms. The lowest BCUT2D eigenvalue weighted by molar-refractivity contribution is -0.141. The quantitative estimate of drug-likeness (QED) is 0.483. The van der Waals surface area contributed by atoms with E-state index in [1.807, 2.05) is 74.1 Å². The summed E-state index contributed by atoms with van der Waals surface area (Å²) in [7, 11) is 3.59. The van der Waals surface area contributed by atoms with Gasteiger partial charge in [-0.15, -0.1) is 11.8 Å². The second-order valence-electron chi connectivity index (χ2n) is 7.30. The van der Waals surface area contributed by atoms with E-state index in [4.69, 9.17) is 4.74 Å². The van der Waals surface area contributed by atoms with Gasteiger partial charge in [0, 0.05) is 43.5 Å². The van der Waals surface area contributed by atoms with E-state index in [2.05, 4.69) is 0 Å². The summed E-state index contributed by atoms with van der Waals surface area (Å²) in [5, 5.41) is 0. The number of rotatable bonds is 12. The zero-order chi connectivity index (χ0) is 21.9. The summed E-state index contributed by atoms with van der Waals surface area (Å²) in [5.74, 6) is 0.237. The predicted octanol–water partition coefficient (Wildman–Crippen LogP) is 3.42. The minimum Gasteiger partial charge on any atom is -0.383 e. The molecule has 0 saturated heterocycles. The van der Waals surface area contributed by atoms with Gasteiger partial charge >= 0.3 is 0 Å². The molecule has 164 valence electrons. The highest BCUT2D eigenvalue weighted by Crippen LogP contribution is 2.19. The van der Waals surface area contributed by atoms with Crippen LogP contribution in [0.2, 0.25) is 0 Å². The zero-order valence-corrected chi connectivity index (χ0v) is 19.2. The van der Waals surface area contributed by atoms with Gasteiger partial charge < -0.3 is 19.1 Å². The lowest BCUT2D eigenvalue weighted by Gasteiger charge is -2.31. The minimum atomic E-state index is -0.0633. The van der Waals surface area contributed by atoms with Crippen molar-refractivity contribution in [2.24, 2.45) is 7.05 Å². The Balaban J connectivity index is 2.06. The first-order valence-electron chi connectivity index (χ1n) is 10.3. The summed E-state index contributed by atoms with van der Waals surface area (Å²) in [5.41, 5.74) is 1.04. The Hall–Kier alpha value is -2.25. The number of hydrogen-bond acceptors (Lipinski definition) is 4. The SMILES string of the molecule is CCC(C)N(CC(=O)N(CCOC)Cc1cccn1C)C(=O)CSc1ccccc1. The van der Waals surface area contributed by atoms with Crippen molar-refractivity contribution in [3.05, 3.63) is 54.4 Å². The summed E-state index contributed by atoms with van der Waals surface area (Å²) in [6, 6.07) is 13.8. The van der Waals surface area contributed by atoms with Crippen LogP contribution >= 0.6 is 11.8 Å². The molecule has 30 heavy (non-hydrogen) atoms. The van der Waals surface area contributed by atoms with Crippen LogP contribution in [0.25, 0.3) is 0 Å². The van der Waals surface area contributed by atoms with E-state index in [1.165, 1.54) is 11.8 Å². The molecule has 0 fully saturated rings. The van der Waals surface area contributed by atoms with Crippen LogP contribution in [0.4, 0.5) is 0 Å². The fourth-order valence-electron chi connectivity index (χ4n) is 3.05. The van der Waals surface area contributed by atoms with Crippen molar-refractivity contribution < 1.29 is 14.3 Å². The first-order chi connectivity index (χ1) is 14.5. The maximum atomic E-state index is 13.2. The van der Waals surface area contributed by atoms with Gasteiger partial charge in [-0.3, -0.25) is 9.59 Å². The second-order valence-corrected chi connectivity index (χ2v) is 8.35. The van der Waals surface area contributed by atoms with Gasteiger partial charge in [0.05, 0.1) is 18.9 Å². The van der Waals surface area contributed by atoms with Gasteiger partial charge in [-0.25, -0.2) is 0 Å². The van der Waals surface area contributed by atoms with Gasteiger partial charge in [-0.2, -0.15) is 0 Å². The molecule has 0 radical (unpaired) electrons. The third kappa shape index (κ3) is 7.22. The maximum Gasteiger partial charge on any atom is 0.242 e. The van der Waals surface area contributed by atoms with Crippen LogP contribution in [0.5, 0.6) is 0 Å². The lowest BCUT2D eigenvalue weighted by Crippen LogP contribution is -2.47. The number of carbonyl (C=O) groups is 2. The van der Waals surface area contributed by atoms with E-state index < -0.39 is 0 Å². The Morgan fingerprint density at radius 1 is 1.13 bits per heavy atom. The molecule has 0 aliphatic carbocycles. The fraction of sp³-hybridized carbons (Fsp3) is 0.478. The molecule has 0 N–H and O–H groups in total. The number of aromatic nitrogens is 1. The number of methoxy groups -OCH3 is 1. The van der Waals surface area contributed by atoms with Crippen molar-refractivity contribution in [3.8, 4) is 0 Å². The molecule has 0 aliphatic heterocycles. The van der Waals surface area contributed by atoms with Gasteiger partial charge in [-0.05, 0) is 37.6 Å². The summed E-state index contributed by atoms with van der Waals surface area (Å²) in [4.78, 5) is 30.7. The van der Waals surface area contributed by atoms with Crippen molar-refractivity contribution in [1.82, 2.24) is 14.4 Å². The Morgan fingerprint density at radius 2 is 1.87 bits per heavy atom. The molecule has 7 heteroatoms. The third-order valence-corrected chi connectivity index (χ3v) is 6.17. The van der Waals surface area contributed by atoms with E-state index in [9.17, 15) is 9.59 Å². The summed E-state index contributed by atoms with van der Waals surface area (Å²) < 4.78 is 7.20. The van der Waals surface area contributed by atoms with Crippen molar-refractivity contribution in [2.45, 2.75) is 37.8 Å². The standard InChI is InChI=1S/C23H33N3O3S/c1-5-19(2)26(23(28)18-30-21-11-7-6-8-12-21)17-22(27)25(14-15-29-4)16-20-10-9-13-24(20)3/h6-13,19H,5,14-18H2,1-4H3. The van der Waals surface area contributed by atoms with Crippen LogP contribution in [0, 0.1) is 0 Å². The Morgan fingerprint density at radius 3 is 2.47 bits per heavy atom. The Bertz CT molecular complexity index is 794. The summed E-state index contributed by atoms with van der Waals surface area (Å²) in [6.07, 6.45) is 2.76. The highest BCUT2D eigenvalue weighted by atomic mass is 32.2. The molecular formula is C23H33N3O3S. The predicted molar refractivity (Wildman–Crippen MR) is 121 cm³/mol. The van der Waals surface area contributed by atoms with Crippen LogP contribution in [0.15, 0.2) is 53.6 Å². The van der Waals surface area contributed by atoms with E-state index in [-0.39, 0.29) is 24.4 Å². The largest absolute Gasteiger partial charge is 0.383 e. The van der Waals surface area contributed by atoms with Crippen molar-refractivity contribution in [1.29, 1.82) is 0 Å². The minimum absolute atomic E-state index is 0.00265. The van der Waals surface area contributed by atoms with E-state index >= 15 is 0 Å². The number of benzene rings is 1. The second kappa shape index (κ2) is 12.4. The van der Waals surface area contributed by atoms with Crippen molar-refractivity contribution in [3.63, 3.8) is 0 Å². The molecule has 1 unspecified atom stereocenters. The highest BCUT2D eigenvalue weighted by molar-refractivity contribution is 8.00. The molecule has 0 spiro atoms. The smallest absolute Gasteiger partial charge is 0.242 e. The molecule has 6 nitrogen and oxygen atoms in total. The van der Waals surface area contributed by atoms with Gasteiger partial charge in [0.2, 0.25) is 11.8 Å². The maximum absolute atomic E-state index is 13.2. The van der Waals surface area contributed by atoms with Crippen molar-refractivity contribution >= 4 is 23.6 Å². The van der Waals surface area contributed by atoms with Crippen molar-refractivity contribution in [2.75, 3.05) is 32.6 Å². The number of amides is 2. The third-order valence-electron chi connectivity index (χ3n) is 5.18.